The predicted octanol–water partition coefficient (Wildman–Crippen LogP) is 3.12. The predicted molar refractivity (Wildman–Crippen MR) is 34.2 cm³/mol. The molecule has 78 valence electrons. The van der Waals surface area contributed by atoms with E-state index in [0.29, 0.717) is 12.1 Å². The number of alkyl halides is 6. The smallest absolute Gasteiger partial charge is 0.251 e. The van der Waals surface area contributed by atoms with Gasteiger partial charge in [0, 0.05) is 6.20 Å². The first-order valence-electron chi connectivity index (χ1n) is 3.32. The number of rotatable bonds is 0. The summed E-state index contributed by atoms with van der Waals surface area (Å²) in [6, 6.07) is 0.638. The van der Waals surface area contributed by atoms with Gasteiger partial charge in [-0.2, -0.15) is 26.3 Å². The van der Waals surface area contributed by atoms with Crippen molar-refractivity contribution in [1.82, 2.24) is 4.98 Å². The molecule has 1 nitrogen and oxygen atoms in total. The van der Waals surface area contributed by atoms with E-state index in [-0.39, 0.29) is 6.20 Å². The van der Waals surface area contributed by atoms with Crippen LogP contribution in [0.25, 0.3) is 0 Å². The summed E-state index contributed by atoms with van der Waals surface area (Å²) in [5.41, 5.74) is -2.55. The van der Waals surface area contributed by atoms with Gasteiger partial charge in [-0.15, -0.1) is 0 Å². The van der Waals surface area contributed by atoms with Crippen molar-refractivity contribution in [2.75, 3.05) is 0 Å². The lowest BCUT2D eigenvalue weighted by atomic mass is 10.2. The average Bonchev–Trinajstić information content (AvgIpc) is 2.01. The number of nitrogens with zero attached hydrogens (tertiary/aromatic N) is 1. The summed E-state index contributed by atoms with van der Waals surface area (Å²) in [7, 11) is 0. The van der Waals surface area contributed by atoms with Gasteiger partial charge in [-0.05, 0) is 12.1 Å². The minimum atomic E-state index is -4.72. The maximum atomic E-state index is 11.9. The van der Waals surface area contributed by atoms with Crippen LogP contribution < -0.4 is 0 Å². The number of halogens is 6. The fourth-order valence-electron chi connectivity index (χ4n) is 0.729. The zero-order valence-corrected chi connectivity index (χ0v) is 6.45. The highest BCUT2D eigenvalue weighted by atomic mass is 19.4. The second kappa shape index (κ2) is 3.14. The molecule has 0 radical (unpaired) electrons. The zero-order valence-electron chi connectivity index (χ0n) is 6.45. The second-order valence-corrected chi connectivity index (χ2v) is 2.43. The quantitative estimate of drug-likeness (QED) is 0.606. The maximum absolute atomic E-state index is 11.9. The summed E-state index contributed by atoms with van der Waals surface area (Å²) in [6.45, 7) is 0. The highest BCUT2D eigenvalue weighted by Crippen LogP contribution is 2.31. The Balaban J connectivity index is 3.02. The SMILES string of the molecule is FC(F)(F)c1ccc(C(F)(F)F)nc1. The topological polar surface area (TPSA) is 12.9 Å². The van der Waals surface area contributed by atoms with E-state index in [4.69, 9.17) is 0 Å². The molecule has 0 aromatic carbocycles. The van der Waals surface area contributed by atoms with Gasteiger partial charge in [-0.1, -0.05) is 0 Å². The van der Waals surface area contributed by atoms with Crippen LogP contribution in [0.1, 0.15) is 11.3 Å². The molecule has 1 aromatic heterocycles. The average molecular weight is 215 g/mol. The van der Waals surface area contributed by atoms with E-state index in [1.807, 2.05) is 0 Å². The van der Waals surface area contributed by atoms with E-state index >= 15 is 0 Å². The van der Waals surface area contributed by atoms with Crippen LogP contribution >= 0.6 is 0 Å². The fourth-order valence-corrected chi connectivity index (χ4v) is 0.729. The molecule has 14 heavy (non-hydrogen) atoms. The third-order valence-corrected chi connectivity index (χ3v) is 1.38. The van der Waals surface area contributed by atoms with Gasteiger partial charge in [0.1, 0.15) is 5.69 Å². The van der Waals surface area contributed by atoms with Crippen molar-refractivity contribution in [3.05, 3.63) is 29.6 Å². The Morgan fingerprint density at radius 2 is 1.43 bits per heavy atom. The van der Waals surface area contributed by atoms with Crippen molar-refractivity contribution in [3.8, 4) is 0 Å². The zero-order chi connectivity index (χ0) is 11.0. The highest BCUT2D eigenvalue weighted by Gasteiger charge is 2.35. The van der Waals surface area contributed by atoms with Gasteiger partial charge in [-0.3, -0.25) is 4.98 Å². The van der Waals surface area contributed by atoms with Gasteiger partial charge in [0.05, 0.1) is 5.56 Å². The summed E-state index contributed by atoms with van der Waals surface area (Å²) in [5, 5.41) is 0. The van der Waals surface area contributed by atoms with Crippen LogP contribution in [0.2, 0.25) is 0 Å². The Labute approximate surface area is 74.4 Å². The molecular weight excluding hydrogens is 212 g/mol. The first-order chi connectivity index (χ1) is 6.21. The molecule has 0 aliphatic rings. The molecule has 0 saturated carbocycles. The normalized spacial score (nSPS) is 13.0. The number of aromatic nitrogens is 1. The minimum absolute atomic E-state index is 0.156. The summed E-state index contributed by atoms with van der Waals surface area (Å²) < 4.78 is 71.3. The van der Waals surface area contributed by atoms with Gasteiger partial charge in [0.15, 0.2) is 0 Å². The lowest BCUT2D eigenvalue weighted by Crippen LogP contribution is -2.11. The van der Waals surface area contributed by atoms with Crippen molar-refractivity contribution in [1.29, 1.82) is 0 Å². The molecule has 0 amide bonds. The molecular formula is C7H3F6N. The first kappa shape index (κ1) is 10.8. The van der Waals surface area contributed by atoms with Crippen LogP contribution in [-0.2, 0) is 12.4 Å². The maximum Gasteiger partial charge on any atom is 0.433 e. The van der Waals surface area contributed by atoms with E-state index < -0.39 is 23.6 Å². The highest BCUT2D eigenvalue weighted by molar-refractivity contribution is 5.18. The molecule has 0 fully saturated rings. The van der Waals surface area contributed by atoms with Crippen LogP contribution in [-0.4, -0.2) is 4.98 Å². The molecule has 7 heteroatoms. The lowest BCUT2D eigenvalue weighted by molar-refractivity contribution is -0.144. The Kier molecular flexibility index (Phi) is 2.43. The third-order valence-electron chi connectivity index (χ3n) is 1.38. The molecule has 0 bridgehead atoms. The molecule has 0 aliphatic carbocycles. The van der Waals surface area contributed by atoms with Gasteiger partial charge < -0.3 is 0 Å². The molecule has 1 aromatic rings. The number of pyridine rings is 1. The van der Waals surface area contributed by atoms with Crippen LogP contribution in [0.3, 0.4) is 0 Å². The van der Waals surface area contributed by atoms with Crippen molar-refractivity contribution < 1.29 is 26.3 Å². The first-order valence-corrected chi connectivity index (χ1v) is 3.32. The van der Waals surface area contributed by atoms with Gasteiger partial charge >= 0.3 is 12.4 Å². The monoisotopic (exact) mass is 215 g/mol. The summed E-state index contributed by atoms with van der Waals surface area (Å²) >= 11 is 0. The summed E-state index contributed by atoms with van der Waals surface area (Å²) in [6.07, 6.45) is -9.23. The van der Waals surface area contributed by atoms with Crippen molar-refractivity contribution in [2.45, 2.75) is 12.4 Å². The van der Waals surface area contributed by atoms with Gasteiger partial charge in [0.2, 0.25) is 0 Å². The Hall–Kier alpha value is -1.27. The van der Waals surface area contributed by atoms with Crippen molar-refractivity contribution in [2.24, 2.45) is 0 Å². The fraction of sp³-hybridized carbons (Fsp3) is 0.286. The molecule has 1 rings (SSSR count). The molecule has 1 heterocycles. The van der Waals surface area contributed by atoms with E-state index in [0.717, 1.165) is 0 Å². The van der Waals surface area contributed by atoms with Crippen LogP contribution in [0.15, 0.2) is 18.3 Å². The van der Waals surface area contributed by atoms with Crippen molar-refractivity contribution >= 4 is 0 Å². The van der Waals surface area contributed by atoms with Crippen LogP contribution in [0.4, 0.5) is 26.3 Å². The van der Waals surface area contributed by atoms with E-state index in [9.17, 15) is 26.3 Å². The van der Waals surface area contributed by atoms with Gasteiger partial charge in [-0.25, -0.2) is 0 Å². The van der Waals surface area contributed by atoms with E-state index in [1.165, 1.54) is 0 Å². The summed E-state index contributed by atoms with van der Waals surface area (Å²) in [5.74, 6) is 0. The molecule has 0 unspecified atom stereocenters. The van der Waals surface area contributed by atoms with E-state index in [1.54, 1.807) is 0 Å². The third kappa shape index (κ3) is 2.36. The molecule has 0 spiro atoms. The Morgan fingerprint density at radius 3 is 1.71 bits per heavy atom. The van der Waals surface area contributed by atoms with Crippen molar-refractivity contribution in [3.63, 3.8) is 0 Å². The largest absolute Gasteiger partial charge is 0.433 e. The lowest BCUT2D eigenvalue weighted by Gasteiger charge is -2.08. The van der Waals surface area contributed by atoms with Crippen LogP contribution in [0, 0.1) is 0 Å². The molecule has 0 N–H and O–H groups in total. The molecule has 0 saturated heterocycles. The minimum Gasteiger partial charge on any atom is -0.251 e. The number of hydrogen-bond donors (Lipinski definition) is 0. The Bertz CT molecular complexity index is 275. The van der Waals surface area contributed by atoms with Crippen LogP contribution in [0.5, 0.6) is 0 Å². The van der Waals surface area contributed by atoms with E-state index in [2.05, 4.69) is 4.98 Å². The van der Waals surface area contributed by atoms with Gasteiger partial charge in [0.25, 0.3) is 0 Å². The second-order valence-electron chi connectivity index (χ2n) is 2.43. The standard InChI is InChI=1S/C7H3F6N/c8-6(9,10)4-1-2-5(14-3-4)7(11,12)13/h1-3H. The Morgan fingerprint density at radius 1 is 0.857 bits per heavy atom. The number of hydrogen-bond acceptors (Lipinski definition) is 1. The molecule has 0 atom stereocenters. The summed E-state index contributed by atoms with van der Waals surface area (Å²) in [4.78, 5) is 2.67. The molecule has 0 aliphatic heterocycles.